The zero-order valence-electron chi connectivity index (χ0n) is 14.9. The van der Waals surface area contributed by atoms with Crippen LogP contribution in [0.2, 0.25) is 0 Å². The molecule has 27 heavy (non-hydrogen) atoms. The molecule has 2 atom stereocenters. The van der Waals surface area contributed by atoms with Crippen molar-refractivity contribution in [1.29, 1.82) is 0 Å². The van der Waals surface area contributed by atoms with E-state index < -0.39 is 10.0 Å². The SMILES string of the molecule is Cl.O=C(c1ccccc1)c1ccccc1S(=O)(=O)N1CC2CCCC(C1)N2. The van der Waals surface area contributed by atoms with Crippen molar-refractivity contribution in [2.45, 2.75) is 36.2 Å². The predicted molar refractivity (Wildman–Crippen MR) is 107 cm³/mol. The number of nitrogens with one attached hydrogen (secondary N) is 1. The lowest BCUT2D eigenvalue weighted by atomic mass is 9.96. The summed E-state index contributed by atoms with van der Waals surface area (Å²) >= 11 is 0. The number of rotatable bonds is 4. The van der Waals surface area contributed by atoms with E-state index in [2.05, 4.69) is 5.32 Å². The molecule has 0 amide bonds. The molecule has 1 N–H and O–H groups in total. The lowest BCUT2D eigenvalue weighted by Crippen LogP contribution is -2.59. The number of halogens is 1. The fourth-order valence-electron chi connectivity index (χ4n) is 3.92. The number of hydrogen-bond acceptors (Lipinski definition) is 4. The van der Waals surface area contributed by atoms with E-state index in [-0.39, 0.29) is 40.7 Å². The van der Waals surface area contributed by atoms with Gasteiger partial charge in [-0.25, -0.2) is 8.42 Å². The number of carbonyl (C=O) groups excluding carboxylic acids is 1. The number of piperazine rings is 1. The van der Waals surface area contributed by atoms with Crippen molar-refractivity contribution < 1.29 is 13.2 Å². The summed E-state index contributed by atoms with van der Waals surface area (Å²) in [7, 11) is -3.72. The summed E-state index contributed by atoms with van der Waals surface area (Å²) in [5, 5.41) is 3.50. The summed E-state index contributed by atoms with van der Waals surface area (Å²) < 4.78 is 28.2. The number of piperidine rings is 1. The van der Waals surface area contributed by atoms with Gasteiger partial charge in [0.2, 0.25) is 10.0 Å². The van der Waals surface area contributed by atoms with Crippen LogP contribution in [0.1, 0.15) is 35.2 Å². The first kappa shape index (κ1) is 20.0. The van der Waals surface area contributed by atoms with Crippen molar-refractivity contribution in [1.82, 2.24) is 9.62 Å². The van der Waals surface area contributed by atoms with Crippen molar-refractivity contribution >= 4 is 28.2 Å². The van der Waals surface area contributed by atoms with Gasteiger partial charge in [0.05, 0.1) is 4.90 Å². The number of benzene rings is 2. The minimum Gasteiger partial charge on any atom is -0.309 e. The van der Waals surface area contributed by atoms with Gasteiger partial charge < -0.3 is 5.32 Å². The smallest absolute Gasteiger partial charge is 0.243 e. The molecule has 0 spiro atoms. The number of ketones is 1. The molecule has 2 heterocycles. The number of hydrogen-bond donors (Lipinski definition) is 1. The Labute approximate surface area is 166 Å². The van der Waals surface area contributed by atoms with Crippen LogP contribution in [0.4, 0.5) is 0 Å². The molecule has 2 fully saturated rings. The zero-order valence-corrected chi connectivity index (χ0v) is 16.5. The van der Waals surface area contributed by atoms with E-state index in [1.54, 1.807) is 52.8 Å². The second-order valence-corrected chi connectivity index (χ2v) is 8.91. The minimum atomic E-state index is -3.72. The highest BCUT2D eigenvalue weighted by Crippen LogP contribution is 2.27. The molecule has 144 valence electrons. The molecule has 2 unspecified atom stereocenters. The molecular weight excluding hydrogens is 384 g/mol. The Kier molecular flexibility index (Phi) is 6.01. The second kappa shape index (κ2) is 8.10. The van der Waals surface area contributed by atoms with Crippen molar-refractivity contribution in [2.24, 2.45) is 0 Å². The Bertz CT molecular complexity index is 906. The summed E-state index contributed by atoms with van der Waals surface area (Å²) in [6, 6.07) is 15.8. The molecule has 2 aliphatic heterocycles. The lowest BCUT2D eigenvalue weighted by Gasteiger charge is -2.41. The predicted octanol–water partition coefficient (Wildman–Crippen LogP) is 2.85. The topological polar surface area (TPSA) is 66.5 Å². The summed E-state index contributed by atoms with van der Waals surface area (Å²) in [5.41, 5.74) is 0.731. The molecule has 0 saturated carbocycles. The summed E-state index contributed by atoms with van der Waals surface area (Å²) in [6.45, 7) is 0.930. The van der Waals surface area contributed by atoms with Gasteiger partial charge in [-0.15, -0.1) is 12.4 Å². The molecular formula is C20H23ClN2O3S. The van der Waals surface area contributed by atoms with Gasteiger partial charge in [0.25, 0.3) is 0 Å². The van der Waals surface area contributed by atoms with Gasteiger partial charge in [-0.1, -0.05) is 48.9 Å². The van der Waals surface area contributed by atoms with Crippen LogP contribution in [0.5, 0.6) is 0 Å². The van der Waals surface area contributed by atoms with Crippen LogP contribution in [0, 0.1) is 0 Å². The summed E-state index contributed by atoms with van der Waals surface area (Å²) in [4.78, 5) is 13.0. The van der Waals surface area contributed by atoms with Crippen LogP contribution in [0.15, 0.2) is 59.5 Å². The Morgan fingerprint density at radius 1 is 0.926 bits per heavy atom. The standard InChI is InChI=1S/C20H22N2O3S.ClH/c23-20(15-7-2-1-3-8-15)18-11-4-5-12-19(18)26(24,25)22-13-16-9-6-10-17(14-22)21-16;/h1-5,7-8,11-12,16-17,21H,6,9-10,13-14H2;1H. The highest BCUT2D eigenvalue weighted by molar-refractivity contribution is 7.89. The molecule has 7 heteroatoms. The third-order valence-corrected chi connectivity index (χ3v) is 7.10. The average Bonchev–Trinajstić information content (AvgIpc) is 2.68. The van der Waals surface area contributed by atoms with Crippen molar-refractivity contribution in [3.05, 3.63) is 65.7 Å². The summed E-state index contributed by atoms with van der Waals surface area (Å²) in [6.07, 6.45) is 3.12. The van der Waals surface area contributed by atoms with Crippen LogP contribution in [-0.2, 0) is 10.0 Å². The monoisotopic (exact) mass is 406 g/mol. The third-order valence-electron chi connectivity index (χ3n) is 5.21. The Morgan fingerprint density at radius 2 is 1.52 bits per heavy atom. The molecule has 0 aliphatic carbocycles. The van der Waals surface area contributed by atoms with Crippen LogP contribution in [-0.4, -0.2) is 43.7 Å². The fraction of sp³-hybridized carbons (Fsp3) is 0.350. The molecule has 4 rings (SSSR count). The molecule has 2 bridgehead atoms. The van der Waals surface area contributed by atoms with Gasteiger partial charge in [-0.05, 0) is 25.0 Å². The maximum Gasteiger partial charge on any atom is 0.243 e. The number of nitrogens with zero attached hydrogens (tertiary/aromatic N) is 1. The Balaban J connectivity index is 0.00000210. The van der Waals surface area contributed by atoms with Crippen LogP contribution >= 0.6 is 12.4 Å². The first-order chi connectivity index (χ1) is 12.6. The first-order valence-corrected chi connectivity index (χ1v) is 10.4. The molecule has 2 saturated heterocycles. The molecule has 0 radical (unpaired) electrons. The van der Waals surface area contributed by atoms with E-state index in [9.17, 15) is 13.2 Å². The van der Waals surface area contributed by atoms with Gasteiger partial charge in [-0.3, -0.25) is 4.79 Å². The highest BCUT2D eigenvalue weighted by Gasteiger charge is 2.37. The van der Waals surface area contributed by atoms with E-state index in [1.807, 2.05) is 6.07 Å². The average molecular weight is 407 g/mol. The van der Waals surface area contributed by atoms with Gasteiger partial charge in [0, 0.05) is 36.3 Å². The van der Waals surface area contributed by atoms with Gasteiger partial charge in [-0.2, -0.15) is 4.31 Å². The first-order valence-electron chi connectivity index (χ1n) is 9.00. The number of carbonyl (C=O) groups is 1. The largest absolute Gasteiger partial charge is 0.309 e. The van der Waals surface area contributed by atoms with Crippen molar-refractivity contribution in [3.8, 4) is 0 Å². The van der Waals surface area contributed by atoms with E-state index in [0.717, 1.165) is 19.3 Å². The van der Waals surface area contributed by atoms with Gasteiger partial charge in [0.1, 0.15) is 0 Å². The fourth-order valence-corrected chi connectivity index (χ4v) is 5.64. The van der Waals surface area contributed by atoms with Crippen LogP contribution in [0.3, 0.4) is 0 Å². The number of sulfonamides is 1. The molecule has 0 aromatic heterocycles. The minimum absolute atomic E-state index is 0. The zero-order chi connectivity index (χ0) is 18.1. The number of fused-ring (bicyclic) bond motifs is 2. The van der Waals surface area contributed by atoms with Crippen molar-refractivity contribution in [2.75, 3.05) is 13.1 Å². The Morgan fingerprint density at radius 3 is 2.19 bits per heavy atom. The lowest BCUT2D eigenvalue weighted by molar-refractivity contribution is 0.103. The Hall–Kier alpha value is -1.73. The molecule has 2 aromatic carbocycles. The van der Waals surface area contributed by atoms with Gasteiger partial charge >= 0.3 is 0 Å². The maximum absolute atomic E-state index is 13.3. The summed E-state index contributed by atoms with van der Waals surface area (Å²) in [5.74, 6) is -0.264. The maximum atomic E-state index is 13.3. The van der Waals surface area contributed by atoms with Crippen molar-refractivity contribution in [3.63, 3.8) is 0 Å². The van der Waals surface area contributed by atoms with E-state index in [0.29, 0.717) is 18.7 Å². The highest BCUT2D eigenvalue weighted by atomic mass is 35.5. The third kappa shape index (κ3) is 3.94. The van der Waals surface area contributed by atoms with E-state index in [1.165, 1.54) is 0 Å². The quantitative estimate of drug-likeness (QED) is 0.793. The van der Waals surface area contributed by atoms with E-state index >= 15 is 0 Å². The van der Waals surface area contributed by atoms with Crippen LogP contribution < -0.4 is 5.32 Å². The molecule has 5 nitrogen and oxygen atoms in total. The second-order valence-electron chi connectivity index (χ2n) is 7.00. The molecule has 2 aromatic rings. The van der Waals surface area contributed by atoms with Gasteiger partial charge in [0.15, 0.2) is 5.78 Å². The normalized spacial score (nSPS) is 22.7. The van der Waals surface area contributed by atoms with E-state index in [4.69, 9.17) is 0 Å². The molecule has 2 aliphatic rings. The van der Waals surface area contributed by atoms with Crippen LogP contribution in [0.25, 0.3) is 0 Å².